The summed E-state index contributed by atoms with van der Waals surface area (Å²) >= 11 is 0. The first-order valence-electron chi connectivity index (χ1n) is 4.02. The topological polar surface area (TPSA) is 0 Å². The minimum absolute atomic E-state index is 1.14. The Labute approximate surface area is 68.6 Å². The predicted molar refractivity (Wildman–Crippen MR) is 50.4 cm³/mol. The van der Waals surface area contributed by atoms with E-state index in [1.807, 2.05) is 13.0 Å². The molecule has 0 aromatic rings. The van der Waals surface area contributed by atoms with Gasteiger partial charge in [0.15, 0.2) is 0 Å². The van der Waals surface area contributed by atoms with Gasteiger partial charge in [0, 0.05) is 0 Å². The van der Waals surface area contributed by atoms with Gasteiger partial charge < -0.3 is 0 Å². The summed E-state index contributed by atoms with van der Waals surface area (Å²) in [6, 6.07) is 0. The molecule has 0 heterocycles. The molecule has 0 radical (unpaired) electrons. The molecule has 1 aliphatic rings. The Bertz CT molecular complexity index is 226. The Balaban J connectivity index is 2.72. The lowest BCUT2D eigenvalue weighted by Crippen LogP contribution is -1.90. The average molecular weight is 146 g/mol. The molecule has 58 valence electrons. The SMILES string of the molecule is C=C1C=CCC/C1=C/C=C\C. The fraction of sp³-hybridized carbons (Fsp3) is 0.273. The smallest absolute Gasteiger partial charge is 0.0238 e. The molecule has 1 rings (SSSR count). The van der Waals surface area contributed by atoms with Crippen molar-refractivity contribution in [1.29, 1.82) is 0 Å². The molecule has 0 aromatic heterocycles. The molecule has 0 spiro atoms. The van der Waals surface area contributed by atoms with Crippen LogP contribution in [0.4, 0.5) is 0 Å². The summed E-state index contributed by atoms with van der Waals surface area (Å²) in [6.07, 6.45) is 12.8. The Kier molecular flexibility index (Phi) is 2.91. The summed E-state index contributed by atoms with van der Waals surface area (Å²) in [5, 5.41) is 0. The molecule has 0 aliphatic heterocycles. The second-order valence-electron chi connectivity index (χ2n) is 2.68. The maximum atomic E-state index is 3.96. The Morgan fingerprint density at radius 3 is 3.00 bits per heavy atom. The van der Waals surface area contributed by atoms with Crippen molar-refractivity contribution in [2.45, 2.75) is 19.8 Å². The molecule has 0 atom stereocenters. The van der Waals surface area contributed by atoms with Crippen LogP contribution in [0.5, 0.6) is 0 Å². The molecule has 0 nitrogen and oxygen atoms in total. The lowest BCUT2D eigenvalue weighted by atomic mass is 9.96. The van der Waals surface area contributed by atoms with E-state index in [2.05, 4.69) is 30.9 Å². The van der Waals surface area contributed by atoms with E-state index in [9.17, 15) is 0 Å². The molecule has 0 bridgehead atoms. The van der Waals surface area contributed by atoms with Gasteiger partial charge in [-0.3, -0.25) is 0 Å². The first-order valence-corrected chi connectivity index (χ1v) is 4.02. The van der Waals surface area contributed by atoms with Crippen molar-refractivity contribution < 1.29 is 0 Å². The van der Waals surface area contributed by atoms with Crippen LogP contribution in [0.25, 0.3) is 0 Å². The number of hydrogen-bond donors (Lipinski definition) is 0. The molecule has 11 heavy (non-hydrogen) atoms. The standard InChI is InChI=1S/C11H14/c1-3-4-8-11-9-6-5-7-10(11)2/h3-5,7-8H,2,6,9H2,1H3/b4-3-,11-8-. The highest BCUT2D eigenvalue weighted by molar-refractivity contribution is 5.41. The molecule has 0 amide bonds. The molecule has 0 saturated heterocycles. The van der Waals surface area contributed by atoms with Crippen LogP contribution in [0, 0.1) is 0 Å². The van der Waals surface area contributed by atoms with Crippen molar-refractivity contribution in [2.75, 3.05) is 0 Å². The minimum atomic E-state index is 1.14. The largest absolute Gasteiger partial charge is 0.0915 e. The van der Waals surface area contributed by atoms with Crippen LogP contribution >= 0.6 is 0 Å². The number of rotatable bonds is 1. The summed E-state index contributed by atoms with van der Waals surface area (Å²) in [5.41, 5.74) is 2.53. The van der Waals surface area contributed by atoms with E-state index in [1.165, 1.54) is 5.57 Å². The van der Waals surface area contributed by atoms with Gasteiger partial charge in [-0.05, 0) is 30.9 Å². The fourth-order valence-corrected chi connectivity index (χ4v) is 1.13. The molecule has 0 N–H and O–H groups in total. The van der Waals surface area contributed by atoms with Gasteiger partial charge in [-0.2, -0.15) is 0 Å². The van der Waals surface area contributed by atoms with Crippen LogP contribution in [-0.4, -0.2) is 0 Å². The molecule has 0 heteroatoms. The van der Waals surface area contributed by atoms with Gasteiger partial charge in [0.2, 0.25) is 0 Å². The third-order valence-corrected chi connectivity index (χ3v) is 1.80. The summed E-state index contributed by atoms with van der Waals surface area (Å²) in [5.74, 6) is 0. The Morgan fingerprint density at radius 2 is 2.36 bits per heavy atom. The second-order valence-corrected chi connectivity index (χ2v) is 2.68. The van der Waals surface area contributed by atoms with Crippen molar-refractivity contribution in [3.63, 3.8) is 0 Å². The van der Waals surface area contributed by atoms with E-state index >= 15 is 0 Å². The lowest BCUT2D eigenvalue weighted by Gasteiger charge is -2.09. The molecular formula is C11H14. The van der Waals surface area contributed by atoms with Crippen LogP contribution in [0.15, 0.2) is 48.1 Å². The second kappa shape index (κ2) is 3.97. The van der Waals surface area contributed by atoms with Crippen LogP contribution < -0.4 is 0 Å². The maximum absolute atomic E-state index is 3.96. The lowest BCUT2D eigenvalue weighted by molar-refractivity contribution is 0.970. The number of hydrogen-bond acceptors (Lipinski definition) is 0. The van der Waals surface area contributed by atoms with Gasteiger partial charge in [-0.1, -0.05) is 37.0 Å². The molecular weight excluding hydrogens is 132 g/mol. The van der Waals surface area contributed by atoms with Crippen LogP contribution in [0.2, 0.25) is 0 Å². The highest BCUT2D eigenvalue weighted by Gasteiger charge is 2.01. The van der Waals surface area contributed by atoms with Gasteiger partial charge >= 0.3 is 0 Å². The highest BCUT2D eigenvalue weighted by Crippen LogP contribution is 2.21. The third kappa shape index (κ3) is 2.23. The highest BCUT2D eigenvalue weighted by atomic mass is 14.1. The average Bonchev–Trinajstić information content (AvgIpc) is 2.03. The van der Waals surface area contributed by atoms with Gasteiger partial charge in [0.05, 0.1) is 0 Å². The van der Waals surface area contributed by atoms with Crippen LogP contribution in [0.1, 0.15) is 19.8 Å². The summed E-state index contributed by atoms with van der Waals surface area (Å²) < 4.78 is 0. The van der Waals surface area contributed by atoms with E-state index in [0.29, 0.717) is 0 Å². The fourth-order valence-electron chi connectivity index (χ4n) is 1.13. The Morgan fingerprint density at radius 1 is 1.55 bits per heavy atom. The predicted octanol–water partition coefficient (Wildman–Crippen LogP) is 3.40. The zero-order chi connectivity index (χ0) is 8.10. The Hall–Kier alpha value is -1.04. The number of allylic oxidation sites excluding steroid dienone is 7. The maximum Gasteiger partial charge on any atom is -0.0238 e. The van der Waals surface area contributed by atoms with Crippen molar-refractivity contribution >= 4 is 0 Å². The third-order valence-electron chi connectivity index (χ3n) is 1.80. The minimum Gasteiger partial charge on any atom is -0.0915 e. The van der Waals surface area contributed by atoms with Crippen LogP contribution in [-0.2, 0) is 0 Å². The zero-order valence-electron chi connectivity index (χ0n) is 7.01. The van der Waals surface area contributed by atoms with Gasteiger partial charge in [0.25, 0.3) is 0 Å². The van der Waals surface area contributed by atoms with Crippen molar-refractivity contribution in [1.82, 2.24) is 0 Å². The molecule has 0 fully saturated rings. The van der Waals surface area contributed by atoms with E-state index in [-0.39, 0.29) is 0 Å². The van der Waals surface area contributed by atoms with Crippen molar-refractivity contribution in [3.05, 3.63) is 48.1 Å². The van der Waals surface area contributed by atoms with Gasteiger partial charge in [-0.15, -0.1) is 0 Å². The molecule has 0 unspecified atom stereocenters. The summed E-state index contributed by atoms with van der Waals surface area (Å²) in [4.78, 5) is 0. The zero-order valence-corrected chi connectivity index (χ0v) is 7.01. The van der Waals surface area contributed by atoms with E-state index in [4.69, 9.17) is 0 Å². The van der Waals surface area contributed by atoms with E-state index in [0.717, 1.165) is 18.4 Å². The first-order chi connectivity index (χ1) is 5.34. The van der Waals surface area contributed by atoms with Gasteiger partial charge in [-0.25, -0.2) is 0 Å². The van der Waals surface area contributed by atoms with Gasteiger partial charge in [0.1, 0.15) is 0 Å². The molecule has 0 saturated carbocycles. The summed E-state index contributed by atoms with van der Waals surface area (Å²) in [7, 11) is 0. The normalized spacial score (nSPS) is 21.9. The molecule has 1 aliphatic carbocycles. The summed E-state index contributed by atoms with van der Waals surface area (Å²) in [6.45, 7) is 5.99. The van der Waals surface area contributed by atoms with E-state index in [1.54, 1.807) is 0 Å². The monoisotopic (exact) mass is 146 g/mol. The quantitative estimate of drug-likeness (QED) is 0.532. The van der Waals surface area contributed by atoms with Crippen molar-refractivity contribution in [3.8, 4) is 0 Å². The van der Waals surface area contributed by atoms with E-state index < -0.39 is 0 Å². The van der Waals surface area contributed by atoms with Crippen molar-refractivity contribution in [2.24, 2.45) is 0 Å². The molecule has 0 aromatic carbocycles. The van der Waals surface area contributed by atoms with Crippen LogP contribution in [0.3, 0.4) is 0 Å². The first kappa shape index (κ1) is 8.06.